The predicted octanol–water partition coefficient (Wildman–Crippen LogP) is 5.66. The minimum atomic E-state index is 0.390. The topological polar surface area (TPSA) is 0 Å². The Morgan fingerprint density at radius 3 is 2.55 bits per heavy atom. The molecule has 0 aromatic heterocycles. The summed E-state index contributed by atoms with van der Waals surface area (Å²) in [7, 11) is 2.31. The van der Waals surface area contributed by atoms with Crippen molar-refractivity contribution in [1.82, 2.24) is 0 Å². The highest BCUT2D eigenvalue weighted by atomic mass is 35.5. The number of hydrogen-bond donors (Lipinski definition) is 0. The quantitative estimate of drug-likeness (QED) is 0.391. The summed E-state index contributed by atoms with van der Waals surface area (Å²) in [5.41, 5.74) is 4.33. The minimum absolute atomic E-state index is 0.390. The van der Waals surface area contributed by atoms with Gasteiger partial charge in [0, 0.05) is 22.6 Å². The molecule has 2 aliphatic rings. The summed E-state index contributed by atoms with van der Waals surface area (Å²) in [6.45, 7) is 2.30. The van der Waals surface area contributed by atoms with Crippen LogP contribution >= 0.6 is 35.8 Å². The average molecular weight is 325 g/mol. The lowest BCUT2D eigenvalue weighted by molar-refractivity contribution is -0.765. The van der Waals surface area contributed by atoms with E-state index in [4.69, 9.17) is 23.8 Å². The molecule has 3 rings (SSSR count). The summed E-state index contributed by atoms with van der Waals surface area (Å²) in [5, 5.41) is 0.797. The SMILES string of the molecule is C[C@@H](c1ccc(Cl)cc1)[N@+]1(C)SC(=S)C2=C1CCCC2. The number of nitrogens with zero attached hydrogens (tertiary/aromatic N) is 1. The van der Waals surface area contributed by atoms with Crippen LogP contribution in [0.15, 0.2) is 35.5 Å². The van der Waals surface area contributed by atoms with Crippen LogP contribution in [0.3, 0.4) is 0 Å². The summed E-state index contributed by atoms with van der Waals surface area (Å²) < 4.78 is 2.00. The van der Waals surface area contributed by atoms with Gasteiger partial charge >= 0.3 is 0 Å². The number of benzene rings is 1. The Morgan fingerprint density at radius 2 is 1.85 bits per heavy atom. The van der Waals surface area contributed by atoms with Gasteiger partial charge in [0.15, 0.2) is 0 Å². The molecule has 20 heavy (non-hydrogen) atoms. The molecule has 0 radical (unpaired) electrons. The van der Waals surface area contributed by atoms with E-state index in [2.05, 4.69) is 26.1 Å². The molecule has 0 amide bonds. The zero-order valence-corrected chi connectivity index (χ0v) is 14.2. The molecule has 0 fully saturated rings. The fraction of sp³-hybridized carbons (Fsp3) is 0.438. The van der Waals surface area contributed by atoms with E-state index < -0.39 is 0 Å². The van der Waals surface area contributed by atoms with Crippen molar-refractivity contribution in [2.45, 2.75) is 38.6 Å². The molecule has 106 valence electrons. The Labute approximate surface area is 135 Å². The number of quaternary nitrogens is 1. The van der Waals surface area contributed by atoms with Gasteiger partial charge in [0.2, 0.25) is 0 Å². The molecule has 0 unspecified atom stereocenters. The third-order valence-electron chi connectivity index (χ3n) is 4.59. The minimum Gasteiger partial charge on any atom is -0.224 e. The van der Waals surface area contributed by atoms with E-state index in [1.165, 1.54) is 36.8 Å². The molecular weight excluding hydrogens is 306 g/mol. The van der Waals surface area contributed by atoms with Gasteiger partial charge in [0.05, 0.1) is 7.05 Å². The van der Waals surface area contributed by atoms with Gasteiger partial charge in [-0.2, -0.15) is 0 Å². The predicted molar refractivity (Wildman–Crippen MR) is 91.7 cm³/mol. The van der Waals surface area contributed by atoms with Crippen LogP contribution < -0.4 is 0 Å². The molecule has 0 bridgehead atoms. The number of hydrogen-bond acceptors (Lipinski definition) is 2. The van der Waals surface area contributed by atoms with Crippen LogP contribution in [0.25, 0.3) is 0 Å². The monoisotopic (exact) mass is 324 g/mol. The Balaban J connectivity index is 1.98. The summed E-state index contributed by atoms with van der Waals surface area (Å²) in [5.74, 6) is 0. The number of rotatable bonds is 2. The molecule has 1 aliphatic heterocycles. The largest absolute Gasteiger partial charge is 0.224 e. The second kappa shape index (κ2) is 5.45. The lowest BCUT2D eigenvalue weighted by Crippen LogP contribution is -2.36. The molecule has 1 aromatic rings. The Kier molecular flexibility index (Phi) is 3.97. The van der Waals surface area contributed by atoms with E-state index in [1.807, 2.05) is 24.1 Å². The first-order valence-corrected chi connectivity index (χ1v) is 8.66. The highest BCUT2D eigenvalue weighted by Gasteiger charge is 2.47. The van der Waals surface area contributed by atoms with Crippen molar-refractivity contribution in [3.8, 4) is 0 Å². The maximum atomic E-state index is 6.00. The lowest BCUT2D eigenvalue weighted by atomic mass is 9.95. The fourth-order valence-electron chi connectivity index (χ4n) is 3.22. The molecule has 0 saturated carbocycles. The normalized spacial score (nSPS) is 27.6. The van der Waals surface area contributed by atoms with Gasteiger partial charge in [-0.25, -0.2) is 3.89 Å². The molecule has 4 heteroatoms. The van der Waals surface area contributed by atoms with Gasteiger partial charge in [0.25, 0.3) is 0 Å². The highest BCUT2D eigenvalue weighted by Crippen LogP contribution is 2.52. The van der Waals surface area contributed by atoms with Crippen LogP contribution in [0.5, 0.6) is 0 Å². The van der Waals surface area contributed by atoms with Gasteiger partial charge in [-0.1, -0.05) is 36.0 Å². The highest BCUT2D eigenvalue weighted by molar-refractivity contribution is 8.20. The number of halogens is 1. The second-order valence-corrected chi connectivity index (χ2v) is 8.18. The van der Waals surface area contributed by atoms with Crippen LogP contribution in [0, 0.1) is 0 Å². The zero-order valence-electron chi connectivity index (χ0n) is 11.9. The standard InChI is InChI=1S/C16H19ClNS2/c1-11(12-7-9-13(17)10-8-12)18(2)15-6-4-3-5-14(15)16(19)20-18/h7-11H,3-6H2,1-2H3/q+1/t11-,18-/m0/s1. The van der Waals surface area contributed by atoms with E-state index in [1.54, 1.807) is 5.70 Å². The van der Waals surface area contributed by atoms with Gasteiger partial charge in [-0.3, -0.25) is 0 Å². The van der Waals surface area contributed by atoms with E-state index in [-0.39, 0.29) is 0 Å². The summed E-state index contributed by atoms with van der Waals surface area (Å²) in [6, 6.07) is 8.63. The average Bonchev–Trinajstić information content (AvgIpc) is 2.72. The van der Waals surface area contributed by atoms with Crippen molar-refractivity contribution in [3.63, 3.8) is 0 Å². The van der Waals surface area contributed by atoms with Crippen molar-refractivity contribution < 1.29 is 3.89 Å². The molecule has 1 nitrogen and oxygen atoms in total. The van der Waals surface area contributed by atoms with E-state index in [0.29, 0.717) is 6.04 Å². The van der Waals surface area contributed by atoms with E-state index >= 15 is 0 Å². The smallest absolute Gasteiger partial charge is 0.138 e. The third-order valence-corrected chi connectivity index (χ3v) is 6.64. The Hall–Kier alpha value is -0.350. The summed E-state index contributed by atoms with van der Waals surface area (Å²) in [6.07, 6.45) is 4.94. The molecule has 2 atom stereocenters. The number of thiocarbonyl (C=S) groups is 1. The molecule has 0 saturated heterocycles. The fourth-order valence-corrected chi connectivity index (χ4v) is 5.30. The van der Waals surface area contributed by atoms with Crippen LogP contribution in [-0.2, 0) is 0 Å². The van der Waals surface area contributed by atoms with Crippen molar-refractivity contribution in [3.05, 3.63) is 46.1 Å². The van der Waals surface area contributed by atoms with Crippen LogP contribution in [0.2, 0.25) is 5.02 Å². The first kappa shape index (κ1) is 14.6. The number of allylic oxidation sites excluding steroid dienone is 1. The molecule has 0 N–H and O–H groups in total. The third kappa shape index (κ3) is 2.35. The zero-order chi connectivity index (χ0) is 14.3. The summed E-state index contributed by atoms with van der Waals surface area (Å²) in [4.78, 5) is 0. The van der Waals surface area contributed by atoms with Crippen molar-refractivity contribution >= 4 is 40.0 Å². The van der Waals surface area contributed by atoms with Gasteiger partial charge in [-0.05, 0) is 38.3 Å². The Bertz CT molecular complexity index is 579. The first-order valence-electron chi connectivity index (χ1n) is 7.10. The molecule has 1 heterocycles. The van der Waals surface area contributed by atoms with Crippen LogP contribution in [-0.4, -0.2) is 15.1 Å². The van der Waals surface area contributed by atoms with E-state index in [9.17, 15) is 0 Å². The maximum absolute atomic E-state index is 6.00. The van der Waals surface area contributed by atoms with Crippen molar-refractivity contribution in [2.75, 3.05) is 7.05 Å². The lowest BCUT2D eigenvalue weighted by Gasteiger charge is -2.36. The summed E-state index contributed by atoms with van der Waals surface area (Å²) >= 11 is 13.5. The molecular formula is C16H19ClNS2+. The molecule has 1 aromatic carbocycles. The maximum Gasteiger partial charge on any atom is 0.138 e. The molecule has 1 aliphatic carbocycles. The molecule has 0 spiro atoms. The van der Waals surface area contributed by atoms with Crippen LogP contribution in [0.4, 0.5) is 0 Å². The van der Waals surface area contributed by atoms with Gasteiger partial charge in [0.1, 0.15) is 27.9 Å². The van der Waals surface area contributed by atoms with Crippen LogP contribution in [0.1, 0.15) is 44.2 Å². The van der Waals surface area contributed by atoms with Crippen molar-refractivity contribution in [1.29, 1.82) is 0 Å². The van der Waals surface area contributed by atoms with Gasteiger partial charge < -0.3 is 0 Å². The van der Waals surface area contributed by atoms with E-state index in [0.717, 1.165) is 13.1 Å². The van der Waals surface area contributed by atoms with Gasteiger partial charge in [-0.15, -0.1) is 0 Å². The van der Waals surface area contributed by atoms with Crippen molar-refractivity contribution in [2.24, 2.45) is 0 Å². The first-order chi connectivity index (χ1) is 9.52. The second-order valence-electron chi connectivity index (χ2n) is 5.73. The Morgan fingerprint density at radius 1 is 1.20 bits per heavy atom.